The van der Waals surface area contributed by atoms with Crippen molar-refractivity contribution in [1.82, 2.24) is 0 Å². The molecule has 122 valence electrons. The van der Waals surface area contributed by atoms with Gasteiger partial charge in [0.1, 0.15) is 0 Å². The number of methoxy groups -OCH3 is 1. The Morgan fingerprint density at radius 2 is 1.32 bits per heavy atom. The number of aromatic nitrogens is 1. The maximum absolute atomic E-state index is 12.5. The molecule has 0 aliphatic rings. The lowest BCUT2D eigenvalue weighted by atomic mass is 10.0. The van der Waals surface area contributed by atoms with Crippen molar-refractivity contribution in [3.8, 4) is 0 Å². The third-order valence-electron chi connectivity index (χ3n) is 4.50. The van der Waals surface area contributed by atoms with Gasteiger partial charge in [-0.05, 0) is 12.1 Å². The fourth-order valence-corrected chi connectivity index (χ4v) is 3.37. The van der Waals surface area contributed by atoms with E-state index in [4.69, 9.17) is 4.74 Å². The van der Waals surface area contributed by atoms with Crippen LogP contribution >= 0.6 is 0 Å². The van der Waals surface area contributed by atoms with Crippen LogP contribution in [0, 0.1) is 0 Å². The first-order chi connectivity index (χ1) is 12.3. The molecule has 4 aromatic rings. The number of carbonyl (C=O) groups excluding carboxylic acids is 1. The van der Waals surface area contributed by atoms with Crippen molar-refractivity contribution < 1.29 is 14.1 Å². The molecule has 1 heterocycles. The minimum atomic E-state index is -0.306. The van der Waals surface area contributed by atoms with Crippen LogP contribution in [0.2, 0.25) is 0 Å². The van der Waals surface area contributed by atoms with Gasteiger partial charge in [-0.1, -0.05) is 54.6 Å². The molecule has 0 bridgehead atoms. The molecule has 4 rings (SSSR count). The summed E-state index contributed by atoms with van der Waals surface area (Å²) in [6, 6.07) is 26.3. The molecule has 3 heteroatoms. The highest BCUT2D eigenvalue weighted by atomic mass is 16.5. The lowest BCUT2D eigenvalue weighted by molar-refractivity contribution is -0.635. The normalized spacial score (nSPS) is 10.9. The Labute approximate surface area is 146 Å². The highest BCUT2D eigenvalue weighted by molar-refractivity contribution is 6.12. The fourth-order valence-electron chi connectivity index (χ4n) is 3.37. The molecule has 0 spiro atoms. The highest BCUT2D eigenvalue weighted by Crippen LogP contribution is 2.25. The van der Waals surface area contributed by atoms with E-state index in [1.165, 1.54) is 12.7 Å². The third-order valence-corrected chi connectivity index (χ3v) is 4.50. The molecule has 0 saturated heterocycles. The van der Waals surface area contributed by atoms with Crippen LogP contribution in [0.25, 0.3) is 21.8 Å². The van der Waals surface area contributed by atoms with E-state index in [2.05, 4.69) is 28.8 Å². The van der Waals surface area contributed by atoms with E-state index in [-0.39, 0.29) is 5.97 Å². The summed E-state index contributed by atoms with van der Waals surface area (Å²) in [6.07, 6.45) is 0. The van der Waals surface area contributed by atoms with E-state index in [0.717, 1.165) is 28.4 Å². The van der Waals surface area contributed by atoms with Gasteiger partial charge in [-0.15, -0.1) is 0 Å². The van der Waals surface area contributed by atoms with Crippen molar-refractivity contribution in [3.05, 3.63) is 90.0 Å². The van der Waals surface area contributed by atoms with Crippen LogP contribution in [0.1, 0.15) is 15.9 Å². The predicted molar refractivity (Wildman–Crippen MR) is 98.5 cm³/mol. The topological polar surface area (TPSA) is 30.2 Å². The Kier molecular flexibility index (Phi) is 3.90. The second-order valence-corrected chi connectivity index (χ2v) is 5.97. The van der Waals surface area contributed by atoms with Gasteiger partial charge in [0, 0.05) is 17.7 Å². The Hall–Kier alpha value is -3.20. The molecule has 0 saturated carbocycles. The zero-order valence-corrected chi connectivity index (χ0v) is 14.0. The maximum Gasteiger partial charge on any atom is 0.339 e. The molecule has 0 fully saturated rings. The number of pyridine rings is 1. The Bertz CT molecular complexity index is 1010. The zero-order chi connectivity index (χ0) is 17.2. The quantitative estimate of drug-likeness (QED) is 0.322. The molecular formula is C22H18NO2+. The summed E-state index contributed by atoms with van der Waals surface area (Å²) >= 11 is 0. The fraction of sp³-hybridized carbons (Fsp3) is 0.0909. The molecule has 0 amide bonds. The van der Waals surface area contributed by atoms with Gasteiger partial charge >= 0.3 is 5.97 Å². The van der Waals surface area contributed by atoms with Crippen molar-refractivity contribution in [2.45, 2.75) is 6.54 Å². The van der Waals surface area contributed by atoms with Gasteiger partial charge in [-0.2, -0.15) is 4.57 Å². The zero-order valence-electron chi connectivity index (χ0n) is 14.0. The average Bonchev–Trinajstić information content (AvgIpc) is 2.68. The first kappa shape index (κ1) is 15.3. The predicted octanol–water partition coefficient (Wildman–Crippen LogP) is 4.12. The minimum absolute atomic E-state index is 0.306. The summed E-state index contributed by atoms with van der Waals surface area (Å²) in [5.74, 6) is -0.306. The maximum atomic E-state index is 12.5. The van der Waals surface area contributed by atoms with Crippen molar-refractivity contribution >= 4 is 27.8 Å². The molecule has 0 radical (unpaired) electrons. The van der Waals surface area contributed by atoms with E-state index in [9.17, 15) is 4.79 Å². The summed E-state index contributed by atoms with van der Waals surface area (Å²) in [4.78, 5) is 12.5. The van der Waals surface area contributed by atoms with E-state index in [1.807, 2.05) is 54.6 Å². The van der Waals surface area contributed by atoms with Crippen LogP contribution < -0.4 is 4.57 Å². The van der Waals surface area contributed by atoms with Crippen molar-refractivity contribution in [1.29, 1.82) is 0 Å². The largest absolute Gasteiger partial charge is 0.465 e. The molecule has 1 aromatic heterocycles. The van der Waals surface area contributed by atoms with Gasteiger partial charge in [-0.25, -0.2) is 4.79 Å². The van der Waals surface area contributed by atoms with Crippen LogP contribution in [0.5, 0.6) is 0 Å². The molecular weight excluding hydrogens is 310 g/mol. The number of carbonyl (C=O) groups is 1. The van der Waals surface area contributed by atoms with E-state index in [1.54, 1.807) is 0 Å². The number of hydrogen-bond donors (Lipinski definition) is 0. The number of para-hydroxylation sites is 2. The monoisotopic (exact) mass is 328 g/mol. The van der Waals surface area contributed by atoms with Gasteiger partial charge in [0.2, 0.25) is 11.0 Å². The molecule has 0 unspecified atom stereocenters. The van der Waals surface area contributed by atoms with Gasteiger partial charge in [0.25, 0.3) is 0 Å². The van der Waals surface area contributed by atoms with Crippen LogP contribution in [-0.2, 0) is 11.3 Å². The molecule has 0 aliphatic heterocycles. The minimum Gasteiger partial charge on any atom is -0.465 e. The summed E-state index contributed by atoms with van der Waals surface area (Å²) in [6.45, 7) is 0.739. The summed E-state index contributed by atoms with van der Waals surface area (Å²) in [7, 11) is 1.43. The van der Waals surface area contributed by atoms with Crippen molar-refractivity contribution in [2.75, 3.05) is 7.11 Å². The molecule has 0 N–H and O–H groups in total. The first-order valence-corrected chi connectivity index (χ1v) is 8.25. The molecule has 0 aliphatic carbocycles. The Morgan fingerprint density at radius 3 is 1.88 bits per heavy atom. The number of rotatable bonds is 3. The molecule has 0 atom stereocenters. The number of nitrogens with zero attached hydrogens (tertiary/aromatic N) is 1. The first-order valence-electron chi connectivity index (χ1n) is 8.25. The average molecular weight is 328 g/mol. The van der Waals surface area contributed by atoms with E-state index >= 15 is 0 Å². The number of benzene rings is 3. The van der Waals surface area contributed by atoms with Crippen molar-refractivity contribution in [3.63, 3.8) is 0 Å². The smallest absolute Gasteiger partial charge is 0.339 e. The Morgan fingerprint density at radius 1 is 0.800 bits per heavy atom. The van der Waals surface area contributed by atoms with E-state index < -0.39 is 0 Å². The number of esters is 1. The second kappa shape index (κ2) is 6.36. The van der Waals surface area contributed by atoms with Crippen molar-refractivity contribution in [2.24, 2.45) is 0 Å². The summed E-state index contributed by atoms with van der Waals surface area (Å²) < 4.78 is 7.32. The standard InChI is InChI=1S/C22H18NO2/c1-25-22(24)21-17-11-5-7-13-19(17)23(15-16-9-3-2-4-10-16)20-14-8-6-12-18(20)21/h2-14H,15H2,1H3/q+1. The van der Waals surface area contributed by atoms with Gasteiger partial charge in [-0.3, -0.25) is 0 Å². The SMILES string of the molecule is COC(=O)c1c2ccccc2[n+](Cc2ccccc2)c2ccccc12. The molecule has 3 aromatic carbocycles. The molecule has 3 nitrogen and oxygen atoms in total. The van der Waals surface area contributed by atoms with Gasteiger partial charge in [0.15, 0.2) is 6.54 Å². The number of ether oxygens (including phenoxy) is 1. The van der Waals surface area contributed by atoms with Crippen LogP contribution in [0.3, 0.4) is 0 Å². The Balaban J connectivity index is 2.09. The lowest BCUT2D eigenvalue weighted by Crippen LogP contribution is -2.37. The van der Waals surface area contributed by atoms with Gasteiger partial charge in [0.05, 0.1) is 23.4 Å². The molecule has 25 heavy (non-hydrogen) atoms. The van der Waals surface area contributed by atoms with E-state index in [0.29, 0.717) is 5.56 Å². The van der Waals surface area contributed by atoms with Crippen LogP contribution in [-0.4, -0.2) is 13.1 Å². The summed E-state index contributed by atoms with van der Waals surface area (Å²) in [5.41, 5.74) is 3.88. The number of fused-ring (bicyclic) bond motifs is 2. The third kappa shape index (κ3) is 2.64. The number of hydrogen-bond acceptors (Lipinski definition) is 2. The van der Waals surface area contributed by atoms with Crippen LogP contribution in [0.15, 0.2) is 78.9 Å². The second-order valence-electron chi connectivity index (χ2n) is 5.97. The van der Waals surface area contributed by atoms with Crippen LogP contribution in [0.4, 0.5) is 0 Å². The lowest BCUT2D eigenvalue weighted by Gasteiger charge is -2.10. The van der Waals surface area contributed by atoms with Gasteiger partial charge < -0.3 is 4.74 Å². The highest BCUT2D eigenvalue weighted by Gasteiger charge is 2.24. The summed E-state index contributed by atoms with van der Waals surface area (Å²) in [5, 5.41) is 1.81.